The second-order valence-corrected chi connectivity index (χ2v) is 3.10. The maximum absolute atomic E-state index is 12.4. The Morgan fingerprint density at radius 2 is 1.94 bits per heavy atom. The molecule has 0 aliphatic carbocycles. The summed E-state index contributed by atoms with van der Waals surface area (Å²) in [5, 5.41) is -0.668. The number of hydrogen-bond acceptors (Lipinski definition) is 2. The SMILES string of the molecule is O=Cc1cc(Cl)nc(C(F)(F)F)c1C(F)F. The minimum Gasteiger partial charge on any atom is -0.298 e. The first kappa shape index (κ1) is 12.8. The van der Waals surface area contributed by atoms with Crippen LogP contribution in [0.15, 0.2) is 6.07 Å². The van der Waals surface area contributed by atoms with E-state index in [-0.39, 0.29) is 6.29 Å². The van der Waals surface area contributed by atoms with Gasteiger partial charge in [0, 0.05) is 5.56 Å². The van der Waals surface area contributed by atoms with Crippen molar-refractivity contribution in [1.82, 2.24) is 4.98 Å². The Kier molecular flexibility index (Phi) is 3.47. The van der Waals surface area contributed by atoms with Gasteiger partial charge in [0.15, 0.2) is 12.0 Å². The third-order valence-corrected chi connectivity index (χ3v) is 1.87. The highest BCUT2D eigenvalue weighted by atomic mass is 35.5. The molecule has 0 radical (unpaired) electrons. The Hall–Kier alpha value is -1.24. The summed E-state index contributed by atoms with van der Waals surface area (Å²) in [4.78, 5) is 13.2. The Morgan fingerprint density at radius 3 is 2.31 bits per heavy atom. The predicted octanol–water partition coefficient (Wildman–Crippen LogP) is 3.50. The van der Waals surface area contributed by atoms with E-state index in [1.807, 2.05) is 0 Å². The van der Waals surface area contributed by atoms with Crippen LogP contribution in [0, 0.1) is 0 Å². The van der Waals surface area contributed by atoms with E-state index in [1.165, 1.54) is 0 Å². The van der Waals surface area contributed by atoms with Crippen LogP contribution in [0.2, 0.25) is 5.15 Å². The van der Waals surface area contributed by atoms with Crippen molar-refractivity contribution in [2.75, 3.05) is 0 Å². The average molecular weight is 260 g/mol. The number of aromatic nitrogens is 1. The van der Waals surface area contributed by atoms with E-state index in [2.05, 4.69) is 4.98 Å². The fourth-order valence-electron chi connectivity index (χ4n) is 1.09. The number of rotatable bonds is 2. The molecule has 0 saturated carbocycles. The first-order valence-electron chi connectivity index (χ1n) is 3.78. The topological polar surface area (TPSA) is 30.0 Å². The molecule has 0 aliphatic rings. The van der Waals surface area contributed by atoms with Crippen molar-refractivity contribution in [2.45, 2.75) is 12.6 Å². The van der Waals surface area contributed by atoms with Crippen LogP contribution in [0.4, 0.5) is 22.0 Å². The van der Waals surface area contributed by atoms with Crippen molar-refractivity contribution >= 4 is 17.9 Å². The number of carbonyl (C=O) groups is 1. The van der Waals surface area contributed by atoms with Gasteiger partial charge in [-0.15, -0.1) is 0 Å². The highest BCUT2D eigenvalue weighted by Gasteiger charge is 2.39. The summed E-state index contributed by atoms with van der Waals surface area (Å²) in [5.74, 6) is 0. The zero-order valence-electron chi connectivity index (χ0n) is 7.36. The minimum atomic E-state index is -5.09. The second-order valence-electron chi connectivity index (χ2n) is 2.71. The second kappa shape index (κ2) is 4.32. The largest absolute Gasteiger partial charge is 0.433 e. The molecule has 1 aromatic rings. The summed E-state index contributed by atoms with van der Waals surface area (Å²) in [6.07, 6.45) is -8.67. The lowest BCUT2D eigenvalue weighted by molar-refractivity contribution is -0.143. The van der Waals surface area contributed by atoms with E-state index < -0.39 is 34.6 Å². The molecule has 0 spiro atoms. The fourth-order valence-corrected chi connectivity index (χ4v) is 1.29. The van der Waals surface area contributed by atoms with Crippen molar-refractivity contribution in [1.29, 1.82) is 0 Å². The maximum Gasteiger partial charge on any atom is 0.433 e. The van der Waals surface area contributed by atoms with Crippen LogP contribution in [-0.2, 0) is 6.18 Å². The highest BCUT2D eigenvalue weighted by molar-refractivity contribution is 6.29. The number of pyridine rings is 1. The zero-order valence-corrected chi connectivity index (χ0v) is 8.11. The van der Waals surface area contributed by atoms with Gasteiger partial charge in [0.2, 0.25) is 0 Å². The van der Waals surface area contributed by atoms with Crippen molar-refractivity contribution < 1.29 is 26.7 Å². The Balaban J connectivity index is 3.57. The van der Waals surface area contributed by atoms with Crippen molar-refractivity contribution in [3.63, 3.8) is 0 Å². The molecule has 8 heteroatoms. The normalized spacial score (nSPS) is 11.9. The van der Waals surface area contributed by atoms with Gasteiger partial charge in [-0.05, 0) is 6.07 Å². The monoisotopic (exact) mass is 259 g/mol. The van der Waals surface area contributed by atoms with Gasteiger partial charge in [0.05, 0.1) is 5.56 Å². The van der Waals surface area contributed by atoms with Crippen LogP contribution in [0.5, 0.6) is 0 Å². The third kappa shape index (κ3) is 2.46. The number of carbonyl (C=O) groups excluding carboxylic acids is 1. The summed E-state index contributed by atoms with van der Waals surface area (Å²) < 4.78 is 61.8. The van der Waals surface area contributed by atoms with E-state index in [9.17, 15) is 26.7 Å². The third-order valence-electron chi connectivity index (χ3n) is 1.67. The van der Waals surface area contributed by atoms with E-state index >= 15 is 0 Å². The standard InChI is InChI=1S/C8H3ClF5NO/c9-4-1-3(2-16)5(7(10)11)6(15-4)8(12,13)14/h1-2,7H. The first-order valence-corrected chi connectivity index (χ1v) is 4.16. The van der Waals surface area contributed by atoms with Crippen molar-refractivity contribution in [3.8, 4) is 0 Å². The maximum atomic E-state index is 12.4. The molecular formula is C8H3ClF5NO. The van der Waals surface area contributed by atoms with E-state index in [4.69, 9.17) is 11.6 Å². The fraction of sp³-hybridized carbons (Fsp3) is 0.250. The van der Waals surface area contributed by atoms with Gasteiger partial charge in [-0.2, -0.15) is 13.2 Å². The van der Waals surface area contributed by atoms with Gasteiger partial charge >= 0.3 is 6.18 Å². The molecule has 0 unspecified atom stereocenters. The van der Waals surface area contributed by atoms with E-state index in [0.717, 1.165) is 0 Å². The molecule has 0 amide bonds. The van der Waals surface area contributed by atoms with Gasteiger partial charge in [0.25, 0.3) is 6.43 Å². The molecule has 0 saturated heterocycles. The molecule has 0 N–H and O–H groups in total. The number of nitrogens with zero attached hydrogens (tertiary/aromatic N) is 1. The van der Waals surface area contributed by atoms with E-state index in [1.54, 1.807) is 0 Å². The zero-order chi connectivity index (χ0) is 12.5. The molecule has 88 valence electrons. The lowest BCUT2D eigenvalue weighted by atomic mass is 10.1. The van der Waals surface area contributed by atoms with Crippen LogP contribution in [-0.4, -0.2) is 11.3 Å². The van der Waals surface area contributed by atoms with Crippen molar-refractivity contribution in [2.24, 2.45) is 0 Å². The summed E-state index contributed by atoms with van der Waals surface area (Å²) in [5.41, 5.74) is -4.11. The molecular weight excluding hydrogens is 257 g/mol. The molecule has 1 aromatic heterocycles. The lowest BCUT2D eigenvalue weighted by Crippen LogP contribution is -2.14. The van der Waals surface area contributed by atoms with Gasteiger partial charge in [-0.1, -0.05) is 11.6 Å². The molecule has 16 heavy (non-hydrogen) atoms. The molecule has 0 aliphatic heterocycles. The summed E-state index contributed by atoms with van der Waals surface area (Å²) >= 11 is 5.20. The Labute approximate surface area is 91.0 Å². The Morgan fingerprint density at radius 1 is 1.38 bits per heavy atom. The summed E-state index contributed by atoms with van der Waals surface area (Å²) in [7, 11) is 0. The minimum absolute atomic E-state index is 0.121. The Bertz CT molecular complexity index is 418. The van der Waals surface area contributed by atoms with Crippen LogP contribution < -0.4 is 0 Å². The first-order chi connectivity index (χ1) is 7.27. The van der Waals surface area contributed by atoms with Crippen LogP contribution >= 0.6 is 11.6 Å². The average Bonchev–Trinajstić information content (AvgIpc) is 2.14. The molecule has 1 heterocycles. The lowest BCUT2D eigenvalue weighted by Gasteiger charge is -2.13. The smallest absolute Gasteiger partial charge is 0.298 e. The summed E-state index contributed by atoms with van der Waals surface area (Å²) in [6.45, 7) is 0. The number of halogens is 6. The molecule has 0 fully saturated rings. The number of hydrogen-bond donors (Lipinski definition) is 0. The molecule has 0 bridgehead atoms. The molecule has 0 atom stereocenters. The number of aldehydes is 1. The summed E-state index contributed by atoms with van der Waals surface area (Å²) in [6, 6.07) is 0.658. The predicted molar refractivity (Wildman–Crippen MR) is 44.6 cm³/mol. The molecule has 0 aromatic carbocycles. The van der Waals surface area contributed by atoms with E-state index in [0.29, 0.717) is 6.07 Å². The van der Waals surface area contributed by atoms with Crippen LogP contribution in [0.25, 0.3) is 0 Å². The van der Waals surface area contributed by atoms with Gasteiger partial charge in [-0.3, -0.25) is 4.79 Å². The molecule has 1 rings (SSSR count). The quantitative estimate of drug-likeness (QED) is 0.462. The molecule has 2 nitrogen and oxygen atoms in total. The van der Waals surface area contributed by atoms with Gasteiger partial charge < -0.3 is 0 Å². The van der Waals surface area contributed by atoms with Crippen LogP contribution in [0.3, 0.4) is 0 Å². The van der Waals surface area contributed by atoms with Crippen LogP contribution in [0.1, 0.15) is 28.0 Å². The van der Waals surface area contributed by atoms with Crippen molar-refractivity contribution in [3.05, 3.63) is 28.0 Å². The number of alkyl halides is 5. The van der Waals surface area contributed by atoms with Gasteiger partial charge in [0.1, 0.15) is 5.15 Å². The highest BCUT2D eigenvalue weighted by Crippen LogP contribution is 2.37. The van der Waals surface area contributed by atoms with Gasteiger partial charge in [-0.25, -0.2) is 13.8 Å².